The summed E-state index contributed by atoms with van der Waals surface area (Å²) >= 11 is 0. The van der Waals surface area contributed by atoms with Crippen molar-refractivity contribution < 1.29 is 9.59 Å². The molecule has 0 aromatic heterocycles. The molecule has 0 aliphatic heterocycles. The summed E-state index contributed by atoms with van der Waals surface area (Å²) in [6, 6.07) is 5.51. The molecule has 28 heavy (non-hydrogen) atoms. The second kappa shape index (κ2) is 7.20. The van der Waals surface area contributed by atoms with Crippen LogP contribution in [0.1, 0.15) is 63.5 Å². The Bertz CT molecular complexity index is 748. The van der Waals surface area contributed by atoms with Crippen molar-refractivity contribution in [1.29, 1.82) is 0 Å². The summed E-state index contributed by atoms with van der Waals surface area (Å²) in [7, 11) is 0. The Morgan fingerprint density at radius 1 is 1.00 bits per heavy atom. The van der Waals surface area contributed by atoms with E-state index in [9.17, 15) is 9.59 Å². The van der Waals surface area contributed by atoms with Crippen LogP contribution in [-0.4, -0.2) is 17.9 Å². The molecule has 152 valence electrons. The fourth-order valence-corrected chi connectivity index (χ4v) is 6.38. The van der Waals surface area contributed by atoms with E-state index in [0.717, 1.165) is 48.3 Å². The van der Waals surface area contributed by atoms with E-state index >= 15 is 0 Å². The summed E-state index contributed by atoms with van der Waals surface area (Å²) in [6.07, 6.45) is 7.00. The van der Waals surface area contributed by atoms with E-state index in [1.165, 1.54) is 24.8 Å². The van der Waals surface area contributed by atoms with Crippen LogP contribution >= 0.6 is 0 Å². The molecule has 2 amide bonds. The number of carbonyl (C=O) groups excluding carboxylic acids is 2. The Labute approximate surface area is 168 Å². The Kier molecular flexibility index (Phi) is 5.01. The summed E-state index contributed by atoms with van der Waals surface area (Å²) in [5.74, 6) is 2.22. The summed E-state index contributed by atoms with van der Waals surface area (Å²) in [6.45, 7) is 8.06. The minimum Gasteiger partial charge on any atom is -0.344 e. The molecule has 4 aliphatic carbocycles. The van der Waals surface area contributed by atoms with Crippen molar-refractivity contribution in [3.05, 3.63) is 29.3 Å². The molecular formula is C24H34N2O2. The van der Waals surface area contributed by atoms with Gasteiger partial charge in [-0.2, -0.15) is 0 Å². The second-order valence-electron chi connectivity index (χ2n) is 10.2. The third-order valence-electron chi connectivity index (χ3n) is 7.40. The number of benzene rings is 1. The first-order chi connectivity index (χ1) is 13.3. The highest BCUT2D eigenvalue weighted by Gasteiger charge is 2.55. The third-order valence-corrected chi connectivity index (χ3v) is 7.40. The van der Waals surface area contributed by atoms with Gasteiger partial charge in [-0.1, -0.05) is 31.5 Å². The zero-order chi connectivity index (χ0) is 20.1. The molecule has 4 bridgehead atoms. The molecule has 0 radical (unpaired) electrons. The van der Waals surface area contributed by atoms with Crippen molar-refractivity contribution in [1.82, 2.24) is 5.32 Å². The fourth-order valence-electron chi connectivity index (χ4n) is 6.38. The first-order valence-corrected chi connectivity index (χ1v) is 10.9. The van der Waals surface area contributed by atoms with E-state index < -0.39 is 6.04 Å². The van der Waals surface area contributed by atoms with Gasteiger partial charge in [0.2, 0.25) is 11.8 Å². The van der Waals surface area contributed by atoms with Crippen LogP contribution in [-0.2, 0) is 9.59 Å². The van der Waals surface area contributed by atoms with Gasteiger partial charge in [0.25, 0.3) is 0 Å². The normalized spacial score (nSPS) is 31.7. The third kappa shape index (κ3) is 3.58. The minimum absolute atomic E-state index is 0.0450. The van der Waals surface area contributed by atoms with Crippen molar-refractivity contribution in [2.24, 2.45) is 29.1 Å². The average molecular weight is 383 g/mol. The van der Waals surface area contributed by atoms with Crippen LogP contribution in [0.5, 0.6) is 0 Å². The molecule has 4 nitrogen and oxygen atoms in total. The molecule has 4 aliphatic rings. The van der Waals surface area contributed by atoms with Crippen molar-refractivity contribution in [3.8, 4) is 0 Å². The van der Waals surface area contributed by atoms with Gasteiger partial charge in [0.05, 0.1) is 0 Å². The minimum atomic E-state index is -0.499. The van der Waals surface area contributed by atoms with Crippen LogP contribution in [0.15, 0.2) is 18.2 Å². The Balaban J connectivity index is 1.47. The quantitative estimate of drug-likeness (QED) is 0.782. The molecule has 0 saturated heterocycles. The summed E-state index contributed by atoms with van der Waals surface area (Å²) in [4.78, 5) is 26.4. The predicted octanol–water partition coefficient (Wildman–Crippen LogP) is 4.60. The molecule has 1 aromatic rings. The largest absolute Gasteiger partial charge is 0.344 e. The summed E-state index contributed by atoms with van der Waals surface area (Å²) in [5, 5.41) is 6.22. The topological polar surface area (TPSA) is 58.2 Å². The number of amides is 2. The highest BCUT2D eigenvalue weighted by atomic mass is 16.2. The second-order valence-corrected chi connectivity index (χ2v) is 10.2. The van der Waals surface area contributed by atoms with Gasteiger partial charge in [-0.3, -0.25) is 9.59 Å². The van der Waals surface area contributed by atoms with Gasteiger partial charge >= 0.3 is 0 Å². The number of hydrogen-bond acceptors (Lipinski definition) is 2. The maximum Gasteiger partial charge on any atom is 0.247 e. The standard InChI is InChI=1S/C24H34N2O2/c1-14(2)21(22(27)25-20-6-5-15(3)7-16(20)4)26-23(28)24-11-17-8-18(12-24)10-19(9-17)13-24/h5-7,14,17-19,21H,8-13H2,1-4H3,(H,25,27)(H,26,28)/t17?,18?,19?,21-,24?/m1/s1. The van der Waals surface area contributed by atoms with Gasteiger partial charge < -0.3 is 10.6 Å². The lowest BCUT2D eigenvalue weighted by molar-refractivity contribution is -0.148. The van der Waals surface area contributed by atoms with E-state index in [4.69, 9.17) is 0 Å². The molecule has 4 heteroatoms. The van der Waals surface area contributed by atoms with Gasteiger partial charge in [0.15, 0.2) is 0 Å². The lowest BCUT2D eigenvalue weighted by atomic mass is 9.49. The van der Waals surface area contributed by atoms with E-state index in [1.807, 2.05) is 39.8 Å². The van der Waals surface area contributed by atoms with Crippen molar-refractivity contribution >= 4 is 17.5 Å². The zero-order valence-corrected chi connectivity index (χ0v) is 17.7. The van der Waals surface area contributed by atoms with Crippen LogP contribution in [0.25, 0.3) is 0 Å². The number of carbonyl (C=O) groups is 2. The molecule has 5 rings (SSSR count). The highest BCUT2D eigenvalue weighted by Crippen LogP contribution is 2.60. The van der Waals surface area contributed by atoms with Crippen LogP contribution in [0, 0.1) is 42.9 Å². The van der Waals surface area contributed by atoms with E-state index in [0.29, 0.717) is 0 Å². The smallest absolute Gasteiger partial charge is 0.247 e. The van der Waals surface area contributed by atoms with E-state index in [2.05, 4.69) is 16.7 Å². The van der Waals surface area contributed by atoms with Crippen molar-refractivity contribution in [3.63, 3.8) is 0 Å². The first-order valence-electron chi connectivity index (χ1n) is 10.9. The number of nitrogens with one attached hydrogen (secondary N) is 2. The monoisotopic (exact) mass is 382 g/mol. The lowest BCUT2D eigenvalue weighted by Gasteiger charge is -2.55. The Morgan fingerprint density at radius 2 is 1.57 bits per heavy atom. The number of hydrogen-bond donors (Lipinski definition) is 2. The number of rotatable bonds is 5. The molecule has 1 atom stereocenters. The average Bonchev–Trinajstić information content (AvgIpc) is 2.60. The molecule has 0 spiro atoms. The van der Waals surface area contributed by atoms with Crippen LogP contribution < -0.4 is 10.6 Å². The predicted molar refractivity (Wildman–Crippen MR) is 112 cm³/mol. The number of aryl methyl sites for hydroxylation is 2. The zero-order valence-electron chi connectivity index (χ0n) is 17.7. The molecule has 4 saturated carbocycles. The van der Waals surface area contributed by atoms with Gasteiger partial charge in [-0.15, -0.1) is 0 Å². The molecule has 0 heterocycles. The maximum absolute atomic E-state index is 13.4. The van der Waals surface area contributed by atoms with Crippen LogP contribution in [0.2, 0.25) is 0 Å². The molecule has 2 N–H and O–H groups in total. The molecular weight excluding hydrogens is 348 g/mol. The molecule has 1 aromatic carbocycles. The summed E-state index contributed by atoms with van der Waals surface area (Å²) < 4.78 is 0. The van der Waals surface area contributed by atoms with E-state index in [-0.39, 0.29) is 23.1 Å². The van der Waals surface area contributed by atoms with Crippen LogP contribution in [0.4, 0.5) is 5.69 Å². The SMILES string of the molecule is Cc1ccc(NC(=O)[C@H](NC(=O)C23CC4CC(CC(C4)C2)C3)C(C)C)c(C)c1. The van der Waals surface area contributed by atoms with Crippen LogP contribution in [0.3, 0.4) is 0 Å². The van der Waals surface area contributed by atoms with Crippen molar-refractivity contribution in [2.75, 3.05) is 5.32 Å². The van der Waals surface area contributed by atoms with Gasteiger partial charge in [0, 0.05) is 11.1 Å². The van der Waals surface area contributed by atoms with Gasteiger partial charge in [-0.25, -0.2) is 0 Å². The highest BCUT2D eigenvalue weighted by molar-refractivity contribution is 5.98. The van der Waals surface area contributed by atoms with Gasteiger partial charge in [0.1, 0.15) is 6.04 Å². The number of anilines is 1. The maximum atomic E-state index is 13.4. The Morgan fingerprint density at radius 3 is 2.07 bits per heavy atom. The fraction of sp³-hybridized carbons (Fsp3) is 0.667. The molecule has 4 fully saturated rings. The first kappa shape index (κ1) is 19.5. The Hall–Kier alpha value is -1.84. The van der Waals surface area contributed by atoms with E-state index in [1.54, 1.807) is 0 Å². The molecule has 0 unspecified atom stereocenters. The summed E-state index contributed by atoms with van der Waals surface area (Å²) in [5.41, 5.74) is 2.82. The lowest BCUT2D eigenvalue weighted by Crippen LogP contribution is -2.57. The van der Waals surface area contributed by atoms with Gasteiger partial charge in [-0.05, 0) is 87.7 Å². The van der Waals surface area contributed by atoms with Crippen molar-refractivity contribution in [2.45, 2.75) is 72.3 Å².